The molecule has 146 valence electrons. The van der Waals surface area contributed by atoms with Crippen molar-refractivity contribution in [1.29, 1.82) is 0 Å². The van der Waals surface area contributed by atoms with E-state index in [2.05, 4.69) is 10.6 Å². The van der Waals surface area contributed by atoms with Crippen molar-refractivity contribution < 1.29 is 19.5 Å². The summed E-state index contributed by atoms with van der Waals surface area (Å²) in [5.41, 5.74) is 2.41. The summed E-state index contributed by atoms with van der Waals surface area (Å²) in [5, 5.41) is 15.0. The normalized spacial score (nSPS) is 18.9. The van der Waals surface area contributed by atoms with Gasteiger partial charge in [-0.05, 0) is 49.6 Å². The highest BCUT2D eigenvalue weighted by Gasteiger charge is 2.36. The summed E-state index contributed by atoms with van der Waals surface area (Å²) >= 11 is 0. The lowest BCUT2D eigenvalue weighted by molar-refractivity contribution is -0.147. The van der Waals surface area contributed by atoms with E-state index >= 15 is 0 Å². The van der Waals surface area contributed by atoms with Crippen molar-refractivity contribution in [1.82, 2.24) is 0 Å². The molecule has 0 bridgehead atoms. The van der Waals surface area contributed by atoms with E-state index in [1.54, 1.807) is 30.3 Å². The van der Waals surface area contributed by atoms with Gasteiger partial charge in [-0.1, -0.05) is 37.1 Å². The monoisotopic (exact) mass is 380 g/mol. The van der Waals surface area contributed by atoms with Gasteiger partial charge >= 0.3 is 5.97 Å². The fraction of sp³-hybridized carbons (Fsp3) is 0.318. The van der Waals surface area contributed by atoms with Gasteiger partial charge in [-0.3, -0.25) is 14.4 Å². The van der Waals surface area contributed by atoms with Crippen LogP contribution in [0.5, 0.6) is 0 Å². The third kappa shape index (κ3) is 4.57. The summed E-state index contributed by atoms with van der Waals surface area (Å²) in [6, 6.07) is 14.2. The van der Waals surface area contributed by atoms with Crippen LogP contribution in [-0.2, 0) is 9.59 Å². The predicted molar refractivity (Wildman–Crippen MR) is 107 cm³/mol. The number of benzene rings is 2. The third-order valence-electron chi connectivity index (χ3n) is 5.13. The third-order valence-corrected chi connectivity index (χ3v) is 5.13. The van der Waals surface area contributed by atoms with Crippen molar-refractivity contribution in [3.05, 3.63) is 59.7 Å². The molecule has 0 saturated heterocycles. The van der Waals surface area contributed by atoms with Crippen LogP contribution in [0.2, 0.25) is 0 Å². The zero-order valence-corrected chi connectivity index (χ0v) is 15.8. The molecule has 0 aromatic heterocycles. The number of amides is 2. The lowest BCUT2D eigenvalue weighted by Gasteiger charge is -2.27. The summed E-state index contributed by atoms with van der Waals surface area (Å²) < 4.78 is 0. The number of carboxylic acids is 1. The van der Waals surface area contributed by atoms with E-state index in [0.717, 1.165) is 18.4 Å². The second-order valence-corrected chi connectivity index (χ2v) is 7.19. The molecule has 1 aliphatic carbocycles. The van der Waals surface area contributed by atoms with E-state index in [0.29, 0.717) is 29.8 Å². The molecular weight excluding hydrogens is 356 g/mol. The van der Waals surface area contributed by atoms with E-state index in [9.17, 15) is 19.5 Å². The van der Waals surface area contributed by atoms with Gasteiger partial charge in [0.25, 0.3) is 5.91 Å². The summed E-state index contributed by atoms with van der Waals surface area (Å²) in [4.78, 5) is 37.0. The lowest BCUT2D eigenvalue weighted by Crippen LogP contribution is -2.36. The maximum absolute atomic E-state index is 12.8. The number of anilines is 2. The minimum Gasteiger partial charge on any atom is -0.481 e. The molecule has 1 aliphatic rings. The molecule has 2 aromatic rings. The molecule has 0 heterocycles. The number of carbonyl (C=O) groups is 3. The molecule has 3 N–H and O–H groups in total. The van der Waals surface area contributed by atoms with Gasteiger partial charge in [-0.25, -0.2) is 0 Å². The van der Waals surface area contributed by atoms with Gasteiger partial charge in [0.2, 0.25) is 5.91 Å². The number of carbonyl (C=O) groups excluding carboxylic acids is 2. The molecule has 0 aliphatic heterocycles. The van der Waals surface area contributed by atoms with E-state index in [4.69, 9.17) is 0 Å². The minimum absolute atomic E-state index is 0.333. The highest BCUT2D eigenvalue weighted by atomic mass is 16.4. The van der Waals surface area contributed by atoms with Crippen molar-refractivity contribution in [2.24, 2.45) is 11.8 Å². The molecule has 6 heteroatoms. The molecular formula is C22H24N2O4. The zero-order chi connectivity index (χ0) is 20.1. The van der Waals surface area contributed by atoms with Gasteiger partial charge < -0.3 is 15.7 Å². The van der Waals surface area contributed by atoms with Crippen molar-refractivity contribution in [2.75, 3.05) is 10.6 Å². The summed E-state index contributed by atoms with van der Waals surface area (Å²) in [7, 11) is 0. The highest BCUT2D eigenvalue weighted by Crippen LogP contribution is 2.31. The van der Waals surface area contributed by atoms with Crippen LogP contribution in [-0.4, -0.2) is 22.9 Å². The summed E-state index contributed by atoms with van der Waals surface area (Å²) in [6.07, 6.45) is 2.69. The minimum atomic E-state index is -0.940. The van der Waals surface area contributed by atoms with Crippen LogP contribution in [0.25, 0.3) is 0 Å². The SMILES string of the molecule is Cc1cccc(NC(=O)c2ccccc2NC(=O)[C@@H]2CCCC[C@@H]2C(=O)O)c1. The number of para-hydroxylation sites is 1. The molecule has 0 spiro atoms. The molecule has 0 unspecified atom stereocenters. The molecule has 2 amide bonds. The average molecular weight is 380 g/mol. The summed E-state index contributed by atoms with van der Waals surface area (Å²) in [6.45, 7) is 1.94. The number of rotatable bonds is 5. The largest absolute Gasteiger partial charge is 0.481 e. The van der Waals surface area contributed by atoms with Crippen LogP contribution in [0.1, 0.15) is 41.6 Å². The van der Waals surface area contributed by atoms with Gasteiger partial charge in [0.15, 0.2) is 0 Å². The zero-order valence-electron chi connectivity index (χ0n) is 15.8. The Morgan fingerprint density at radius 3 is 2.36 bits per heavy atom. The van der Waals surface area contributed by atoms with Crippen molar-refractivity contribution in [3.63, 3.8) is 0 Å². The quantitative estimate of drug-likeness (QED) is 0.728. The lowest BCUT2D eigenvalue weighted by atomic mass is 9.78. The Hall–Kier alpha value is -3.15. The smallest absolute Gasteiger partial charge is 0.307 e. The predicted octanol–water partition coefficient (Wildman–Crippen LogP) is 4.08. The topological polar surface area (TPSA) is 95.5 Å². The number of aryl methyl sites for hydroxylation is 1. The van der Waals surface area contributed by atoms with E-state index in [1.807, 2.05) is 25.1 Å². The molecule has 2 atom stereocenters. The first-order chi connectivity index (χ1) is 13.5. The van der Waals surface area contributed by atoms with Crippen LogP contribution in [0.4, 0.5) is 11.4 Å². The first-order valence-electron chi connectivity index (χ1n) is 9.46. The molecule has 3 rings (SSSR count). The Morgan fingerprint density at radius 2 is 1.64 bits per heavy atom. The Morgan fingerprint density at radius 1 is 0.929 bits per heavy atom. The number of aliphatic carboxylic acids is 1. The number of carboxylic acid groups (broad SMARTS) is 1. The van der Waals surface area contributed by atoms with Crippen LogP contribution < -0.4 is 10.6 Å². The van der Waals surface area contributed by atoms with Gasteiger partial charge in [0.05, 0.1) is 23.1 Å². The van der Waals surface area contributed by atoms with Crippen LogP contribution in [0, 0.1) is 18.8 Å². The Labute approximate surface area is 164 Å². The molecule has 28 heavy (non-hydrogen) atoms. The first kappa shape index (κ1) is 19.6. The van der Waals surface area contributed by atoms with E-state index in [1.165, 1.54) is 0 Å². The standard InChI is InChI=1S/C22H24N2O4/c1-14-7-6-8-15(13-14)23-21(26)18-11-4-5-12-19(18)24-20(25)16-9-2-3-10-17(16)22(27)28/h4-8,11-13,16-17H,2-3,9-10H2,1H3,(H,23,26)(H,24,25)(H,27,28)/t16-,17+/m1/s1. The Balaban J connectivity index is 1.77. The van der Waals surface area contributed by atoms with Crippen LogP contribution in [0.3, 0.4) is 0 Å². The van der Waals surface area contributed by atoms with E-state index < -0.39 is 17.8 Å². The molecule has 1 fully saturated rings. The van der Waals surface area contributed by atoms with Crippen LogP contribution in [0.15, 0.2) is 48.5 Å². The number of hydrogen-bond donors (Lipinski definition) is 3. The summed E-state index contributed by atoms with van der Waals surface area (Å²) in [5.74, 6) is -2.88. The Kier molecular flexibility index (Phi) is 6.09. The first-order valence-corrected chi connectivity index (χ1v) is 9.46. The van der Waals surface area contributed by atoms with Gasteiger partial charge in [-0.15, -0.1) is 0 Å². The number of nitrogens with one attached hydrogen (secondary N) is 2. The Bertz CT molecular complexity index is 894. The van der Waals surface area contributed by atoms with Crippen molar-refractivity contribution in [3.8, 4) is 0 Å². The second-order valence-electron chi connectivity index (χ2n) is 7.19. The maximum atomic E-state index is 12.8. The van der Waals surface area contributed by atoms with E-state index in [-0.39, 0.29) is 11.8 Å². The second kappa shape index (κ2) is 8.69. The van der Waals surface area contributed by atoms with Crippen molar-refractivity contribution in [2.45, 2.75) is 32.6 Å². The van der Waals surface area contributed by atoms with Gasteiger partial charge in [0, 0.05) is 5.69 Å². The average Bonchev–Trinajstić information content (AvgIpc) is 2.68. The highest BCUT2D eigenvalue weighted by molar-refractivity contribution is 6.10. The molecule has 0 radical (unpaired) electrons. The fourth-order valence-electron chi connectivity index (χ4n) is 3.68. The fourth-order valence-corrected chi connectivity index (χ4v) is 3.68. The van der Waals surface area contributed by atoms with Crippen LogP contribution >= 0.6 is 0 Å². The molecule has 2 aromatic carbocycles. The van der Waals surface area contributed by atoms with Gasteiger partial charge in [-0.2, -0.15) is 0 Å². The van der Waals surface area contributed by atoms with Gasteiger partial charge in [0.1, 0.15) is 0 Å². The number of hydrogen-bond acceptors (Lipinski definition) is 3. The maximum Gasteiger partial charge on any atom is 0.307 e. The molecule has 1 saturated carbocycles. The molecule has 6 nitrogen and oxygen atoms in total. The van der Waals surface area contributed by atoms with Crippen molar-refractivity contribution >= 4 is 29.2 Å².